The van der Waals surface area contributed by atoms with Crippen molar-refractivity contribution >= 4 is 5.97 Å². The molecule has 0 saturated carbocycles. The molecule has 0 radical (unpaired) electrons. The van der Waals surface area contributed by atoms with Gasteiger partial charge in [0.15, 0.2) is 0 Å². The van der Waals surface area contributed by atoms with Crippen LogP contribution in [0.2, 0.25) is 0 Å². The fourth-order valence-corrected chi connectivity index (χ4v) is 1.16. The lowest BCUT2D eigenvalue weighted by molar-refractivity contribution is -0.137. The van der Waals surface area contributed by atoms with Crippen LogP contribution in [-0.4, -0.2) is 12.6 Å². The Morgan fingerprint density at radius 2 is 2.12 bits per heavy atom. The van der Waals surface area contributed by atoms with E-state index in [1.54, 1.807) is 6.92 Å². The van der Waals surface area contributed by atoms with Crippen LogP contribution >= 0.6 is 0 Å². The highest BCUT2D eigenvalue weighted by Gasteiger charge is 1.98. The Bertz CT molecular complexity index is 361. The summed E-state index contributed by atoms with van der Waals surface area (Å²) < 4.78 is 4.73. The number of rotatable bonds is 5. The van der Waals surface area contributed by atoms with Gasteiger partial charge in [0.05, 0.1) is 12.7 Å². The van der Waals surface area contributed by atoms with E-state index in [0.717, 1.165) is 5.56 Å². The molecule has 0 fully saturated rings. The Balaban J connectivity index is 2.40. The van der Waals surface area contributed by atoms with Gasteiger partial charge in [0.25, 0.3) is 0 Å². The Kier molecular flexibility index (Phi) is 4.92. The molecule has 1 aromatic carbocycles. The number of esters is 1. The summed E-state index contributed by atoms with van der Waals surface area (Å²) in [6.45, 7) is 2.68. The number of ether oxygens (including phenoxy) is 1. The number of carbonyl (C=O) groups excluding carboxylic acids is 1. The van der Waals surface area contributed by atoms with Gasteiger partial charge in [-0.15, -0.1) is 0 Å². The number of hydrogen-bond acceptors (Lipinski definition) is 4. The number of carbonyl (C=O) groups is 1. The van der Waals surface area contributed by atoms with E-state index < -0.39 is 5.97 Å². The molecular formula is C12H16N2O2. The van der Waals surface area contributed by atoms with Crippen LogP contribution in [0.15, 0.2) is 42.2 Å². The molecule has 0 atom stereocenters. The molecule has 0 aromatic heterocycles. The van der Waals surface area contributed by atoms with Gasteiger partial charge in [0, 0.05) is 6.54 Å². The average Bonchev–Trinajstić information content (AvgIpc) is 2.28. The molecular weight excluding hydrogens is 204 g/mol. The van der Waals surface area contributed by atoms with E-state index in [1.165, 1.54) is 6.08 Å². The molecule has 0 bridgehead atoms. The minimum Gasteiger partial charge on any atom is -0.463 e. The molecule has 0 saturated heterocycles. The fraction of sp³-hybridized carbons (Fsp3) is 0.250. The molecule has 4 heteroatoms. The topological polar surface area (TPSA) is 64.3 Å². The number of nitrogens with two attached hydrogens (primary N) is 1. The highest BCUT2D eigenvalue weighted by Crippen LogP contribution is 1.97. The SMILES string of the molecule is CCOC(=O)/C=C(\N)NCc1ccccc1. The first-order valence-corrected chi connectivity index (χ1v) is 5.14. The van der Waals surface area contributed by atoms with E-state index in [-0.39, 0.29) is 0 Å². The van der Waals surface area contributed by atoms with Gasteiger partial charge in [0.1, 0.15) is 5.82 Å². The van der Waals surface area contributed by atoms with Crippen molar-refractivity contribution in [2.45, 2.75) is 13.5 Å². The molecule has 0 aliphatic rings. The average molecular weight is 220 g/mol. The fourth-order valence-electron chi connectivity index (χ4n) is 1.16. The van der Waals surface area contributed by atoms with Gasteiger partial charge in [-0.2, -0.15) is 0 Å². The van der Waals surface area contributed by atoms with Gasteiger partial charge in [-0.25, -0.2) is 4.79 Å². The quantitative estimate of drug-likeness (QED) is 0.577. The van der Waals surface area contributed by atoms with Crippen LogP contribution < -0.4 is 11.1 Å². The monoisotopic (exact) mass is 220 g/mol. The number of nitrogens with one attached hydrogen (secondary N) is 1. The van der Waals surface area contributed by atoms with E-state index in [0.29, 0.717) is 19.0 Å². The Morgan fingerprint density at radius 1 is 1.44 bits per heavy atom. The van der Waals surface area contributed by atoms with Crippen molar-refractivity contribution in [3.63, 3.8) is 0 Å². The first-order chi connectivity index (χ1) is 7.72. The van der Waals surface area contributed by atoms with Crippen LogP contribution in [0.25, 0.3) is 0 Å². The maximum absolute atomic E-state index is 11.0. The molecule has 0 spiro atoms. The first-order valence-electron chi connectivity index (χ1n) is 5.14. The van der Waals surface area contributed by atoms with Gasteiger partial charge in [-0.3, -0.25) is 0 Å². The predicted octanol–water partition coefficient (Wildman–Crippen LogP) is 1.14. The third-order valence-electron chi connectivity index (χ3n) is 1.90. The van der Waals surface area contributed by atoms with Gasteiger partial charge in [0.2, 0.25) is 0 Å². The maximum Gasteiger partial charge on any atom is 0.334 e. The Labute approximate surface area is 95.1 Å². The standard InChI is InChI=1S/C12H16N2O2/c1-2-16-12(15)8-11(13)14-9-10-6-4-3-5-7-10/h3-8,14H,2,9,13H2,1H3/b11-8+. The highest BCUT2D eigenvalue weighted by molar-refractivity contribution is 5.82. The van der Waals surface area contributed by atoms with Crippen LogP contribution in [0.4, 0.5) is 0 Å². The normalized spacial score (nSPS) is 10.9. The van der Waals surface area contributed by atoms with Crippen LogP contribution in [0.3, 0.4) is 0 Å². The van der Waals surface area contributed by atoms with E-state index in [1.807, 2.05) is 30.3 Å². The minimum atomic E-state index is -0.430. The summed E-state index contributed by atoms with van der Waals surface area (Å²) >= 11 is 0. The molecule has 0 aliphatic carbocycles. The predicted molar refractivity (Wildman–Crippen MR) is 62.2 cm³/mol. The molecule has 0 heterocycles. The molecule has 0 unspecified atom stereocenters. The molecule has 3 N–H and O–H groups in total. The zero-order valence-corrected chi connectivity index (χ0v) is 9.27. The number of hydrogen-bond donors (Lipinski definition) is 2. The third kappa shape index (κ3) is 4.50. The van der Waals surface area contributed by atoms with Crippen LogP contribution in [0.5, 0.6) is 0 Å². The van der Waals surface area contributed by atoms with Gasteiger partial charge in [-0.1, -0.05) is 30.3 Å². The van der Waals surface area contributed by atoms with Crippen LogP contribution in [0.1, 0.15) is 12.5 Å². The summed E-state index contributed by atoms with van der Waals surface area (Å²) in [4.78, 5) is 11.0. The zero-order valence-electron chi connectivity index (χ0n) is 9.27. The summed E-state index contributed by atoms with van der Waals surface area (Å²) in [5.41, 5.74) is 6.70. The Hall–Kier alpha value is -1.97. The summed E-state index contributed by atoms with van der Waals surface area (Å²) in [7, 11) is 0. The van der Waals surface area contributed by atoms with Crippen molar-refractivity contribution < 1.29 is 9.53 Å². The lowest BCUT2D eigenvalue weighted by Gasteiger charge is -2.06. The van der Waals surface area contributed by atoms with E-state index in [2.05, 4.69) is 5.32 Å². The highest BCUT2D eigenvalue weighted by atomic mass is 16.5. The second kappa shape index (κ2) is 6.50. The summed E-state index contributed by atoms with van der Waals surface area (Å²) in [5, 5.41) is 2.93. The maximum atomic E-state index is 11.0. The molecule has 1 rings (SSSR count). The molecule has 0 aliphatic heterocycles. The molecule has 1 aromatic rings. The second-order valence-electron chi connectivity index (χ2n) is 3.19. The summed E-state index contributed by atoms with van der Waals surface area (Å²) in [6.07, 6.45) is 1.24. The molecule has 0 amide bonds. The van der Waals surface area contributed by atoms with E-state index >= 15 is 0 Å². The van der Waals surface area contributed by atoms with Crippen molar-refractivity contribution in [2.24, 2.45) is 5.73 Å². The van der Waals surface area contributed by atoms with Crippen molar-refractivity contribution in [2.75, 3.05) is 6.61 Å². The smallest absolute Gasteiger partial charge is 0.334 e. The molecule has 86 valence electrons. The van der Waals surface area contributed by atoms with Gasteiger partial charge >= 0.3 is 5.97 Å². The van der Waals surface area contributed by atoms with Crippen LogP contribution in [0, 0.1) is 0 Å². The lowest BCUT2D eigenvalue weighted by Crippen LogP contribution is -2.21. The van der Waals surface area contributed by atoms with Gasteiger partial charge < -0.3 is 15.8 Å². The second-order valence-corrected chi connectivity index (χ2v) is 3.19. The van der Waals surface area contributed by atoms with Crippen molar-refractivity contribution in [1.29, 1.82) is 0 Å². The third-order valence-corrected chi connectivity index (χ3v) is 1.90. The minimum absolute atomic E-state index is 0.308. The summed E-state index contributed by atoms with van der Waals surface area (Å²) in [6, 6.07) is 9.79. The van der Waals surface area contributed by atoms with Crippen molar-refractivity contribution in [3.8, 4) is 0 Å². The molecule has 4 nitrogen and oxygen atoms in total. The largest absolute Gasteiger partial charge is 0.463 e. The van der Waals surface area contributed by atoms with Gasteiger partial charge in [-0.05, 0) is 12.5 Å². The number of benzene rings is 1. The first kappa shape index (κ1) is 12.1. The van der Waals surface area contributed by atoms with E-state index in [9.17, 15) is 4.79 Å². The van der Waals surface area contributed by atoms with Crippen LogP contribution in [-0.2, 0) is 16.1 Å². The van der Waals surface area contributed by atoms with E-state index in [4.69, 9.17) is 10.5 Å². The lowest BCUT2D eigenvalue weighted by atomic mass is 10.2. The van der Waals surface area contributed by atoms with Crippen molar-refractivity contribution in [1.82, 2.24) is 5.32 Å². The molecule has 16 heavy (non-hydrogen) atoms. The zero-order chi connectivity index (χ0) is 11.8. The van der Waals surface area contributed by atoms with Crippen molar-refractivity contribution in [3.05, 3.63) is 47.8 Å². The summed E-state index contributed by atoms with van der Waals surface area (Å²) in [5.74, 6) is -0.122. The Morgan fingerprint density at radius 3 is 2.75 bits per heavy atom.